The van der Waals surface area contributed by atoms with Crippen LogP contribution in [0.15, 0.2) is 55.0 Å². The largest absolute Gasteiger partial charge is 0.254 e. The summed E-state index contributed by atoms with van der Waals surface area (Å²) in [4.78, 5) is 12.5. The fourth-order valence-corrected chi connectivity index (χ4v) is 2.99. The topological polar surface area (TPSA) is 38.7 Å². The van der Waals surface area contributed by atoms with Gasteiger partial charge in [0.2, 0.25) is 5.95 Å². The predicted molar refractivity (Wildman–Crippen MR) is 77.2 cm³/mol. The molecule has 3 heterocycles. The highest BCUT2D eigenvalue weighted by atomic mass is 19.1. The van der Waals surface area contributed by atoms with Gasteiger partial charge in [0.1, 0.15) is 0 Å². The summed E-state index contributed by atoms with van der Waals surface area (Å²) >= 11 is 0. The molecule has 0 radical (unpaired) electrons. The molecule has 0 fully saturated rings. The molecule has 0 N–H and O–H groups in total. The second kappa shape index (κ2) is 4.74. The highest BCUT2D eigenvalue weighted by molar-refractivity contribution is 5.72. The number of rotatable bonds is 2. The summed E-state index contributed by atoms with van der Waals surface area (Å²) < 4.78 is 13.3. The van der Waals surface area contributed by atoms with Gasteiger partial charge < -0.3 is 0 Å². The predicted octanol–water partition coefficient (Wildman–Crippen LogP) is 3.37. The molecule has 0 saturated carbocycles. The highest BCUT2D eigenvalue weighted by Gasteiger charge is 2.30. The minimum atomic E-state index is -0.441. The monoisotopic (exact) mass is 277 g/mol. The molecule has 1 aliphatic carbocycles. The molecule has 0 saturated heterocycles. The summed E-state index contributed by atoms with van der Waals surface area (Å²) in [6, 6.07) is 11.4. The molecule has 0 aliphatic heterocycles. The lowest BCUT2D eigenvalue weighted by Gasteiger charge is -2.12. The van der Waals surface area contributed by atoms with E-state index in [-0.39, 0.29) is 5.92 Å². The van der Waals surface area contributed by atoms with Crippen LogP contribution < -0.4 is 0 Å². The van der Waals surface area contributed by atoms with Crippen LogP contribution in [0.25, 0.3) is 11.4 Å². The van der Waals surface area contributed by atoms with Crippen molar-refractivity contribution in [1.29, 1.82) is 0 Å². The van der Waals surface area contributed by atoms with Crippen molar-refractivity contribution >= 4 is 0 Å². The lowest BCUT2D eigenvalue weighted by Crippen LogP contribution is -2.02. The fourth-order valence-electron chi connectivity index (χ4n) is 2.99. The average molecular weight is 277 g/mol. The first-order chi connectivity index (χ1) is 10.3. The molecule has 0 bridgehead atoms. The van der Waals surface area contributed by atoms with Crippen molar-refractivity contribution in [2.45, 2.75) is 12.3 Å². The lowest BCUT2D eigenvalue weighted by atomic mass is 9.91. The third-order valence-corrected chi connectivity index (χ3v) is 3.88. The molecule has 0 aromatic carbocycles. The molecule has 4 rings (SSSR count). The summed E-state index contributed by atoms with van der Waals surface area (Å²) in [6.45, 7) is 0. The second-order valence-corrected chi connectivity index (χ2v) is 5.13. The van der Waals surface area contributed by atoms with Gasteiger partial charge in [-0.1, -0.05) is 12.1 Å². The maximum absolute atomic E-state index is 13.3. The molecule has 0 spiro atoms. The molecule has 3 aromatic rings. The molecule has 0 amide bonds. The van der Waals surface area contributed by atoms with Crippen molar-refractivity contribution < 1.29 is 4.39 Å². The Kier molecular flexibility index (Phi) is 2.74. The van der Waals surface area contributed by atoms with E-state index in [0.29, 0.717) is 0 Å². The van der Waals surface area contributed by atoms with Crippen LogP contribution in [0.2, 0.25) is 0 Å². The van der Waals surface area contributed by atoms with E-state index in [0.717, 1.165) is 34.5 Å². The molecule has 21 heavy (non-hydrogen) atoms. The summed E-state index contributed by atoms with van der Waals surface area (Å²) in [6.07, 6.45) is 5.79. The second-order valence-electron chi connectivity index (χ2n) is 5.13. The zero-order valence-corrected chi connectivity index (χ0v) is 11.2. The van der Waals surface area contributed by atoms with Crippen LogP contribution >= 0.6 is 0 Å². The SMILES string of the molecule is Fc1cc(CC2c3cccnc3-c3ncccc32)ccn1. The Morgan fingerprint density at radius 1 is 0.857 bits per heavy atom. The van der Waals surface area contributed by atoms with Crippen LogP contribution in [0.5, 0.6) is 0 Å². The molecular formula is C17H12FN3. The third-order valence-electron chi connectivity index (χ3n) is 3.88. The third kappa shape index (κ3) is 2.00. The van der Waals surface area contributed by atoms with Gasteiger partial charge in [0.25, 0.3) is 0 Å². The number of aromatic nitrogens is 3. The minimum Gasteiger partial charge on any atom is -0.254 e. The van der Waals surface area contributed by atoms with Crippen molar-refractivity contribution in [3.8, 4) is 11.4 Å². The summed E-state index contributed by atoms with van der Waals surface area (Å²) in [5, 5.41) is 0. The molecule has 102 valence electrons. The first-order valence-electron chi connectivity index (χ1n) is 6.83. The first-order valence-corrected chi connectivity index (χ1v) is 6.83. The number of halogens is 1. The van der Waals surface area contributed by atoms with Crippen molar-refractivity contribution in [1.82, 2.24) is 15.0 Å². The number of fused-ring (bicyclic) bond motifs is 3. The first kappa shape index (κ1) is 12.1. The molecular weight excluding hydrogens is 265 g/mol. The van der Waals surface area contributed by atoms with Gasteiger partial charge in [0, 0.05) is 24.5 Å². The van der Waals surface area contributed by atoms with E-state index < -0.39 is 5.95 Å². The van der Waals surface area contributed by atoms with E-state index in [2.05, 4.69) is 27.1 Å². The van der Waals surface area contributed by atoms with Gasteiger partial charge in [-0.2, -0.15) is 4.39 Å². The Balaban J connectivity index is 1.82. The van der Waals surface area contributed by atoms with Gasteiger partial charge in [0.15, 0.2) is 0 Å². The van der Waals surface area contributed by atoms with E-state index in [4.69, 9.17) is 0 Å². The minimum absolute atomic E-state index is 0.166. The van der Waals surface area contributed by atoms with Crippen molar-refractivity contribution in [3.05, 3.63) is 77.6 Å². The summed E-state index contributed by atoms with van der Waals surface area (Å²) in [5.41, 5.74) is 5.12. The Morgan fingerprint density at radius 3 is 2.14 bits per heavy atom. The molecule has 0 atom stereocenters. The highest BCUT2D eigenvalue weighted by Crippen LogP contribution is 2.43. The molecule has 1 aliphatic rings. The van der Waals surface area contributed by atoms with Crippen LogP contribution in [0.4, 0.5) is 4.39 Å². The van der Waals surface area contributed by atoms with E-state index in [1.807, 2.05) is 18.2 Å². The maximum Gasteiger partial charge on any atom is 0.213 e. The van der Waals surface area contributed by atoms with Gasteiger partial charge in [-0.15, -0.1) is 0 Å². The van der Waals surface area contributed by atoms with E-state index in [1.54, 1.807) is 12.4 Å². The van der Waals surface area contributed by atoms with Crippen LogP contribution in [0.1, 0.15) is 22.6 Å². The van der Waals surface area contributed by atoms with Crippen molar-refractivity contribution in [2.75, 3.05) is 0 Å². The number of pyridine rings is 3. The summed E-state index contributed by atoms with van der Waals surface area (Å²) in [7, 11) is 0. The van der Waals surface area contributed by atoms with E-state index in [9.17, 15) is 4.39 Å². The van der Waals surface area contributed by atoms with Crippen molar-refractivity contribution in [3.63, 3.8) is 0 Å². The lowest BCUT2D eigenvalue weighted by molar-refractivity contribution is 0.580. The molecule has 3 aromatic heterocycles. The standard InChI is InChI=1S/C17H12FN3/c18-15-10-11(5-8-19-15)9-14-12-3-1-6-20-16(12)17-13(14)4-2-7-21-17/h1-8,10,14H,9H2. The Morgan fingerprint density at radius 2 is 1.52 bits per heavy atom. The number of hydrogen-bond donors (Lipinski definition) is 0. The molecule has 3 nitrogen and oxygen atoms in total. The van der Waals surface area contributed by atoms with Gasteiger partial charge in [-0.25, -0.2) is 4.98 Å². The van der Waals surface area contributed by atoms with Gasteiger partial charge in [-0.05, 0) is 47.4 Å². The fraction of sp³-hybridized carbons (Fsp3) is 0.118. The van der Waals surface area contributed by atoms with Gasteiger partial charge in [0.05, 0.1) is 11.4 Å². The molecule has 4 heteroatoms. The summed E-state index contributed by atoms with van der Waals surface area (Å²) in [5.74, 6) is -0.275. The van der Waals surface area contributed by atoms with Crippen molar-refractivity contribution in [2.24, 2.45) is 0 Å². The average Bonchev–Trinajstić information content (AvgIpc) is 2.83. The maximum atomic E-state index is 13.3. The Labute approximate surface area is 121 Å². The van der Waals surface area contributed by atoms with E-state index >= 15 is 0 Å². The van der Waals surface area contributed by atoms with Gasteiger partial charge >= 0.3 is 0 Å². The molecule has 0 unspecified atom stereocenters. The zero-order valence-electron chi connectivity index (χ0n) is 11.2. The quantitative estimate of drug-likeness (QED) is 0.674. The normalized spacial score (nSPS) is 13.0. The smallest absolute Gasteiger partial charge is 0.213 e. The van der Waals surface area contributed by atoms with Crippen LogP contribution in [0, 0.1) is 5.95 Å². The van der Waals surface area contributed by atoms with E-state index in [1.165, 1.54) is 12.3 Å². The van der Waals surface area contributed by atoms with Crippen LogP contribution in [-0.4, -0.2) is 15.0 Å². The Hall–Kier alpha value is -2.62. The number of hydrogen-bond acceptors (Lipinski definition) is 3. The van der Waals surface area contributed by atoms with Gasteiger partial charge in [-0.3, -0.25) is 9.97 Å². The van der Waals surface area contributed by atoms with Crippen LogP contribution in [0.3, 0.4) is 0 Å². The zero-order chi connectivity index (χ0) is 14.2. The number of nitrogens with zero attached hydrogens (tertiary/aromatic N) is 3. The van der Waals surface area contributed by atoms with Crippen LogP contribution in [-0.2, 0) is 6.42 Å². The Bertz CT molecular complexity index is 771.